The molecule has 0 N–H and O–H groups in total. The molecule has 0 spiro atoms. The molecule has 9 heteroatoms. The first-order valence-corrected chi connectivity index (χ1v) is 4.66. The van der Waals surface area contributed by atoms with Crippen molar-refractivity contribution in [3.63, 3.8) is 0 Å². The van der Waals surface area contributed by atoms with E-state index in [1.54, 1.807) is 0 Å². The van der Waals surface area contributed by atoms with Crippen LogP contribution in [0.1, 0.15) is 12.8 Å². The lowest BCUT2D eigenvalue weighted by Crippen LogP contribution is -2.35. The van der Waals surface area contributed by atoms with Crippen molar-refractivity contribution in [1.82, 2.24) is 9.78 Å². The van der Waals surface area contributed by atoms with E-state index < -0.39 is 10.2 Å². The third-order valence-corrected chi connectivity index (χ3v) is 2.06. The Hall–Kier alpha value is -1.40. The monoisotopic (exact) mass is 213 g/mol. The maximum Gasteiger partial charge on any atom is 0.350 e. The molecular weight excluding hydrogens is 207 g/mol. The van der Waals surface area contributed by atoms with E-state index >= 15 is 0 Å². The number of nitro groups is 1. The Labute approximate surface area is 95.7 Å². The SMILES string of the molecule is [B]C([B])([B])n1cc([N+](=O)[O-])c(OC2CC2)n1. The zero-order chi connectivity index (χ0) is 11.9. The zero-order valence-electron chi connectivity index (χ0n) is 8.37. The van der Waals surface area contributed by atoms with Crippen LogP contribution in [-0.4, -0.2) is 44.3 Å². The van der Waals surface area contributed by atoms with E-state index in [1.165, 1.54) is 0 Å². The summed E-state index contributed by atoms with van der Waals surface area (Å²) in [7, 11) is 16.1. The van der Waals surface area contributed by atoms with Crippen LogP contribution in [0.25, 0.3) is 0 Å². The number of nitrogens with zero attached hydrogens (tertiary/aromatic N) is 3. The Morgan fingerprint density at radius 2 is 2.19 bits per heavy atom. The highest BCUT2D eigenvalue weighted by molar-refractivity contribution is 6.56. The molecule has 1 aromatic heterocycles. The van der Waals surface area contributed by atoms with Crippen molar-refractivity contribution in [2.24, 2.45) is 0 Å². The molecular formula is C7H6B3N3O3. The molecule has 0 aromatic carbocycles. The van der Waals surface area contributed by atoms with Crippen molar-refractivity contribution >= 4 is 29.2 Å². The van der Waals surface area contributed by atoms with E-state index in [4.69, 9.17) is 28.3 Å². The van der Waals surface area contributed by atoms with Crippen LogP contribution >= 0.6 is 0 Å². The summed E-state index contributed by atoms with van der Waals surface area (Å²) in [6.07, 6.45) is 2.77. The Balaban J connectivity index is 2.32. The average molecular weight is 213 g/mol. The minimum atomic E-state index is -1.78. The molecule has 1 saturated carbocycles. The number of rotatable bonds is 4. The van der Waals surface area contributed by atoms with Gasteiger partial charge in [-0.25, -0.2) is 0 Å². The standard InChI is InChI=1S/C7H6B3N3O3/c8-7(9,10)12-3-5(13(14)15)6(11-12)16-4-1-2-4/h3-4H,1-2H2. The summed E-state index contributed by atoms with van der Waals surface area (Å²) in [5.41, 5.74) is -0.294. The van der Waals surface area contributed by atoms with Crippen LogP contribution in [0, 0.1) is 10.1 Å². The van der Waals surface area contributed by atoms with Gasteiger partial charge in [0.2, 0.25) is 0 Å². The lowest BCUT2D eigenvalue weighted by molar-refractivity contribution is -0.386. The Kier molecular flexibility index (Phi) is 2.48. The molecule has 0 aliphatic heterocycles. The lowest BCUT2D eigenvalue weighted by atomic mass is 9.49. The maximum absolute atomic E-state index is 10.7. The van der Waals surface area contributed by atoms with Gasteiger partial charge >= 0.3 is 11.6 Å². The summed E-state index contributed by atoms with van der Waals surface area (Å²) in [6.45, 7) is 0. The van der Waals surface area contributed by atoms with Crippen molar-refractivity contribution in [2.45, 2.75) is 24.2 Å². The number of hydrogen-bond acceptors (Lipinski definition) is 4. The Bertz CT molecular complexity index is 424. The van der Waals surface area contributed by atoms with Gasteiger partial charge in [-0.3, -0.25) is 14.8 Å². The van der Waals surface area contributed by atoms with Crippen molar-refractivity contribution in [3.05, 3.63) is 16.3 Å². The molecule has 16 heavy (non-hydrogen) atoms. The van der Waals surface area contributed by atoms with Crippen molar-refractivity contribution in [1.29, 1.82) is 0 Å². The summed E-state index contributed by atoms with van der Waals surface area (Å²) >= 11 is 0. The van der Waals surface area contributed by atoms with Crippen LogP contribution < -0.4 is 4.74 Å². The van der Waals surface area contributed by atoms with Gasteiger partial charge in [0.15, 0.2) is 0 Å². The van der Waals surface area contributed by atoms with Gasteiger partial charge in [-0.15, -0.1) is 5.10 Å². The van der Waals surface area contributed by atoms with E-state index in [-0.39, 0.29) is 17.7 Å². The molecule has 1 heterocycles. The smallest absolute Gasteiger partial charge is 0.350 e. The summed E-state index contributed by atoms with van der Waals surface area (Å²) in [6, 6.07) is 0. The quantitative estimate of drug-likeness (QED) is 0.380. The second-order valence-electron chi connectivity index (χ2n) is 3.73. The molecule has 2 rings (SSSR count). The van der Waals surface area contributed by atoms with E-state index in [0.717, 1.165) is 23.7 Å². The number of aromatic nitrogens is 2. The molecule has 1 fully saturated rings. The van der Waals surface area contributed by atoms with Gasteiger partial charge in [0.05, 0.1) is 28.5 Å². The van der Waals surface area contributed by atoms with Gasteiger partial charge in [-0.2, -0.15) is 0 Å². The number of hydrogen-bond donors (Lipinski definition) is 0. The second-order valence-corrected chi connectivity index (χ2v) is 3.73. The molecule has 0 saturated heterocycles. The van der Waals surface area contributed by atoms with Gasteiger partial charge in [-0.1, -0.05) is 0 Å². The fraction of sp³-hybridized carbons (Fsp3) is 0.571. The van der Waals surface area contributed by atoms with E-state index in [1.807, 2.05) is 0 Å². The number of ether oxygens (including phenoxy) is 1. The summed E-state index contributed by atoms with van der Waals surface area (Å²) < 4.78 is 6.16. The molecule has 76 valence electrons. The van der Waals surface area contributed by atoms with Gasteiger partial charge in [0, 0.05) is 0 Å². The topological polar surface area (TPSA) is 70.2 Å². The molecule has 6 nitrogen and oxygen atoms in total. The van der Waals surface area contributed by atoms with Crippen LogP contribution in [-0.2, 0) is 5.24 Å². The van der Waals surface area contributed by atoms with Gasteiger partial charge in [0.25, 0.3) is 0 Å². The van der Waals surface area contributed by atoms with Crippen LogP contribution in [0.5, 0.6) is 5.88 Å². The summed E-state index contributed by atoms with van der Waals surface area (Å²) in [5.74, 6) is -0.0989. The van der Waals surface area contributed by atoms with Gasteiger partial charge in [-0.05, 0) is 18.1 Å². The third kappa shape index (κ3) is 2.23. The molecule has 1 aliphatic carbocycles. The van der Waals surface area contributed by atoms with Crippen LogP contribution in [0.4, 0.5) is 5.69 Å². The summed E-state index contributed by atoms with van der Waals surface area (Å²) in [5, 5.41) is 12.7. The third-order valence-electron chi connectivity index (χ3n) is 2.06. The Morgan fingerprint density at radius 1 is 1.56 bits per heavy atom. The largest absolute Gasteiger partial charge is 0.468 e. The van der Waals surface area contributed by atoms with E-state index in [0.29, 0.717) is 0 Å². The highest BCUT2D eigenvalue weighted by atomic mass is 16.6. The fourth-order valence-electron chi connectivity index (χ4n) is 1.10. The lowest BCUT2D eigenvalue weighted by Gasteiger charge is -2.19. The normalized spacial score (nSPS) is 16.0. The Morgan fingerprint density at radius 3 is 2.62 bits per heavy atom. The molecule has 0 unspecified atom stereocenters. The molecule has 0 amide bonds. The van der Waals surface area contributed by atoms with Gasteiger partial charge in [0.1, 0.15) is 12.3 Å². The van der Waals surface area contributed by atoms with Crippen molar-refractivity contribution in [2.75, 3.05) is 0 Å². The molecule has 0 atom stereocenters. The van der Waals surface area contributed by atoms with Gasteiger partial charge < -0.3 is 4.74 Å². The molecule has 1 aromatic rings. The molecule has 6 radical (unpaired) electrons. The van der Waals surface area contributed by atoms with Crippen LogP contribution in [0.2, 0.25) is 0 Å². The predicted octanol–water partition coefficient (Wildman–Crippen LogP) is -0.594. The molecule has 0 bridgehead atoms. The highest BCUT2D eigenvalue weighted by Gasteiger charge is 2.31. The molecule has 1 aliphatic rings. The first-order valence-electron chi connectivity index (χ1n) is 4.66. The maximum atomic E-state index is 10.7. The zero-order valence-corrected chi connectivity index (χ0v) is 8.37. The van der Waals surface area contributed by atoms with E-state index in [2.05, 4.69) is 5.10 Å². The highest BCUT2D eigenvalue weighted by Crippen LogP contribution is 2.32. The minimum Gasteiger partial charge on any atom is -0.468 e. The van der Waals surface area contributed by atoms with Crippen LogP contribution in [0.15, 0.2) is 6.20 Å². The predicted molar refractivity (Wildman–Crippen MR) is 57.8 cm³/mol. The first-order chi connectivity index (χ1) is 7.38. The fourth-order valence-corrected chi connectivity index (χ4v) is 1.10. The van der Waals surface area contributed by atoms with E-state index in [9.17, 15) is 10.1 Å². The van der Waals surface area contributed by atoms with Crippen LogP contribution in [0.3, 0.4) is 0 Å². The van der Waals surface area contributed by atoms with Crippen molar-refractivity contribution < 1.29 is 9.66 Å². The summed E-state index contributed by atoms with van der Waals surface area (Å²) in [4.78, 5) is 10.1. The minimum absolute atomic E-state index is 0.00947. The van der Waals surface area contributed by atoms with Crippen molar-refractivity contribution in [3.8, 4) is 5.88 Å². The average Bonchev–Trinajstić information content (AvgIpc) is 2.80. The second kappa shape index (κ2) is 3.57. The first kappa shape index (κ1) is 11.1.